The summed E-state index contributed by atoms with van der Waals surface area (Å²) in [4.78, 5) is 11.9. The molecule has 0 bridgehead atoms. The van der Waals surface area contributed by atoms with Gasteiger partial charge in [-0.1, -0.05) is 30.3 Å². The van der Waals surface area contributed by atoms with Crippen LogP contribution >= 0.6 is 0 Å². The van der Waals surface area contributed by atoms with Crippen molar-refractivity contribution in [3.63, 3.8) is 0 Å². The van der Waals surface area contributed by atoms with Crippen molar-refractivity contribution in [3.8, 4) is 0 Å². The Balaban J connectivity index is 2.13. The molecule has 0 aromatic heterocycles. The summed E-state index contributed by atoms with van der Waals surface area (Å²) in [5.41, 5.74) is 0.604. The smallest absolute Gasteiger partial charge is 0.416 e. The number of carbonyl (C=O) groups excluding carboxylic acids is 1. The third-order valence-electron chi connectivity index (χ3n) is 3.32. The molecule has 0 saturated heterocycles. The van der Waals surface area contributed by atoms with E-state index in [-0.39, 0.29) is 0 Å². The molecule has 0 aliphatic heterocycles. The molecular formula is C17H16F3NO2. The number of benzene rings is 2. The summed E-state index contributed by atoms with van der Waals surface area (Å²) < 4.78 is 42.4. The predicted octanol–water partition coefficient (Wildman–Crippen LogP) is 3.90. The van der Waals surface area contributed by atoms with Gasteiger partial charge in [-0.25, -0.2) is 4.79 Å². The molecule has 0 aliphatic carbocycles. The monoisotopic (exact) mass is 323 g/mol. The van der Waals surface area contributed by atoms with E-state index in [1.54, 1.807) is 0 Å². The first-order chi connectivity index (χ1) is 10.9. The van der Waals surface area contributed by atoms with E-state index in [0.717, 1.165) is 17.7 Å². The zero-order valence-electron chi connectivity index (χ0n) is 12.4. The minimum atomic E-state index is -4.38. The summed E-state index contributed by atoms with van der Waals surface area (Å²) in [6, 6.07) is 13.1. The zero-order chi connectivity index (χ0) is 16.9. The highest BCUT2D eigenvalue weighted by molar-refractivity contribution is 5.79. The fourth-order valence-corrected chi connectivity index (χ4v) is 2.14. The van der Waals surface area contributed by atoms with Crippen molar-refractivity contribution >= 4 is 11.7 Å². The minimum Gasteiger partial charge on any atom is -0.467 e. The van der Waals surface area contributed by atoms with Crippen molar-refractivity contribution in [2.24, 2.45) is 0 Å². The van der Waals surface area contributed by atoms with Crippen molar-refractivity contribution < 1.29 is 22.7 Å². The lowest BCUT2D eigenvalue weighted by molar-refractivity contribution is -0.141. The number of anilines is 1. The molecule has 6 heteroatoms. The van der Waals surface area contributed by atoms with Crippen LogP contribution in [0, 0.1) is 0 Å². The van der Waals surface area contributed by atoms with Crippen LogP contribution in [-0.4, -0.2) is 19.1 Å². The number of hydrogen-bond acceptors (Lipinski definition) is 3. The Kier molecular flexibility index (Phi) is 5.26. The lowest BCUT2D eigenvalue weighted by atomic mass is 10.1. The molecule has 2 aromatic carbocycles. The summed E-state index contributed by atoms with van der Waals surface area (Å²) in [6.07, 6.45) is -4.02. The Hall–Kier alpha value is -2.50. The second-order valence-corrected chi connectivity index (χ2v) is 4.98. The van der Waals surface area contributed by atoms with Crippen LogP contribution in [0.3, 0.4) is 0 Å². The number of methoxy groups -OCH3 is 1. The highest BCUT2D eigenvalue weighted by Crippen LogP contribution is 2.30. The predicted molar refractivity (Wildman–Crippen MR) is 81.0 cm³/mol. The van der Waals surface area contributed by atoms with Crippen molar-refractivity contribution in [1.29, 1.82) is 0 Å². The molecule has 3 nitrogen and oxygen atoms in total. The maximum Gasteiger partial charge on any atom is 0.416 e. The van der Waals surface area contributed by atoms with Gasteiger partial charge in [-0.05, 0) is 29.8 Å². The zero-order valence-corrected chi connectivity index (χ0v) is 12.4. The molecule has 23 heavy (non-hydrogen) atoms. The number of ether oxygens (including phenoxy) is 1. The van der Waals surface area contributed by atoms with Crippen molar-refractivity contribution in [2.45, 2.75) is 18.6 Å². The van der Waals surface area contributed by atoms with Crippen molar-refractivity contribution in [1.82, 2.24) is 0 Å². The van der Waals surface area contributed by atoms with Crippen LogP contribution in [0.4, 0.5) is 18.9 Å². The Morgan fingerprint density at radius 1 is 1.09 bits per heavy atom. The van der Waals surface area contributed by atoms with Crippen LogP contribution in [-0.2, 0) is 22.1 Å². The van der Waals surface area contributed by atoms with Gasteiger partial charge in [0, 0.05) is 12.1 Å². The fourth-order valence-electron chi connectivity index (χ4n) is 2.14. The van der Waals surface area contributed by atoms with Crippen LogP contribution in [0.25, 0.3) is 0 Å². The van der Waals surface area contributed by atoms with Crippen LogP contribution in [0.5, 0.6) is 0 Å². The van der Waals surface area contributed by atoms with E-state index < -0.39 is 23.8 Å². The van der Waals surface area contributed by atoms with E-state index in [0.29, 0.717) is 12.1 Å². The maximum absolute atomic E-state index is 12.6. The molecule has 0 amide bonds. The third kappa shape index (κ3) is 4.74. The Morgan fingerprint density at radius 2 is 1.70 bits per heavy atom. The average Bonchev–Trinajstić information content (AvgIpc) is 2.54. The van der Waals surface area contributed by atoms with Crippen LogP contribution in [0.1, 0.15) is 11.1 Å². The van der Waals surface area contributed by atoms with Gasteiger partial charge >= 0.3 is 12.1 Å². The van der Waals surface area contributed by atoms with E-state index >= 15 is 0 Å². The van der Waals surface area contributed by atoms with Gasteiger partial charge < -0.3 is 10.1 Å². The number of rotatable bonds is 5. The maximum atomic E-state index is 12.6. The number of alkyl halides is 3. The molecule has 2 aromatic rings. The topological polar surface area (TPSA) is 38.3 Å². The number of carbonyl (C=O) groups is 1. The number of esters is 1. The fraction of sp³-hybridized carbons (Fsp3) is 0.235. The number of nitrogens with one attached hydrogen (secondary N) is 1. The first-order valence-corrected chi connectivity index (χ1v) is 6.95. The lowest BCUT2D eigenvalue weighted by Gasteiger charge is -2.18. The quantitative estimate of drug-likeness (QED) is 0.848. The summed E-state index contributed by atoms with van der Waals surface area (Å²) >= 11 is 0. The van der Waals surface area contributed by atoms with Gasteiger partial charge in [-0.15, -0.1) is 0 Å². The summed E-state index contributed by atoms with van der Waals surface area (Å²) in [5.74, 6) is -0.478. The molecule has 0 aliphatic rings. The molecular weight excluding hydrogens is 307 g/mol. The van der Waals surface area contributed by atoms with Crippen molar-refractivity contribution in [2.75, 3.05) is 12.4 Å². The molecule has 1 N–H and O–H groups in total. The molecule has 2 rings (SSSR count). The molecule has 0 fully saturated rings. The Morgan fingerprint density at radius 3 is 2.22 bits per heavy atom. The lowest BCUT2D eigenvalue weighted by Crippen LogP contribution is -2.32. The first kappa shape index (κ1) is 16.9. The number of halogens is 3. The molecule has 0 heterocycles. The van der Waals surface area contributed by atoms with Gasteiger partial charge in [0.2, 0.25) is 0 Å². The van der Waals surface area contributed by atoms with E-state index in [2.05, 4.69) is 5.32 Å². The second-order valence-electron chi connectivity index (χ2n) is 4.98. The van der Waals surface area contributed by atoms with E-state index in [1.165, 1.54) is 19.2 Å². The van der Waals surface area contributed by atoms with Crippen LogP contribution in [0.2, 0.25) is 0 Å². The van der Waals surface area contributed by atoms with Gasteiger partial charge in [0.05, 0.1) is 12.7 Å². The summed E-state index contributed by atoms with van der Waals surface area (Å²) in [7, 11) is 1.27. The highest BCUT2D eigenvalue weighted by Gasteiger charge is 2.30. The SMILES string of the molecule is COC(=O)C(Cc1ccccc1)Nc1ccc(C(F)(F)F)cc1. The third-order valence-corrected chi connectivity index (χ3v) is 3.32. The van der Waals surface area contributed by atoms with Crippen LogP contribution < -0.4 is 5.32 Å². The largest absolute Gasteiger partial charge is 0.467 e. The Bertz CT molecular complexity index is 639. The van der Waals surface area contributed by atoms with Gasteiger partial charge in [-0.2, -0.15) is 13.2 Å². The summed E-state index contributed by atoms with van der Waals surface area (Å²) in [5, 5.41) is 2.91. The van der Waals surface area contributed by atoms with Gasteiger partial charge in [0.1, 0.15) is 6.04 Å². The van der Waals surface area contributed by atoms with E-state index in [9.17, 15) is 18.0 Å². The normalized spacial score (nSPS) is 12.5. The second kappa shape index (κ2) is 7.17. The van der Waals surface area contributed by atoms with Gasteiger partial charge in [0.25, 0.3) is 0 Å². The summed E-state index contributed by atoms with van der Waals surface area (Å²) in [6.45, 7) is 0. The first-order valence-electron chi connectivity index (χ1n) is 6.95. The highest BCUT2D eigenvalue weighted by atomic mass is 19.4. The van der Waals surface area contributed by atoms with Crippen molar-refractivity contribution in [3.05, 3.63) is 65.7 Å². The number of hydrogen-bond donors (Lipinski definition) is 1. The molecule has 1 atom stereocenters. The molecule has 0 radical (unpaired) electrons. The standard InChI is InChI=1S/C17H16F3NO2/c1-23-16(22)15(11-12-5-3-2-4-6-12)21-14-9-7-13(8-10-14)17(18,19)20/h2-10,15,21H,11H2,1H3. The molecule has 122 valence electrons. The molecule has 1 unspecified atom stereocenters. The Labute approximate surface area is 132 Å². The van der Waals surface area contributed by atoms with E-state index in [1.807, 2.05) is 30.3 Å². The van der Waals surface area contributed by atoms with E-state index in [4.69, 9.17) is 4.74 Å². The average molecular weight is 323 g/mol. The minimum absolute atomic E-state index is 0.370. The molecule has 0 saturated carbocycles. The van der Waals surface area contributed by atoms with Gasteiger partial charge in [-0.3, -0.25) is 0 Å². The van der Waals surface area contributed by atoms with Crippen LogP contribution in [0.15, 0.2) is 54.6 Å². The molecule has 0 spiro atoms. The van der Waals surface area contributed by atoms with Gasteiger partial charge in [0.15, 0.2) is 0 Å².